The number of rotatable bonds is 12. The molecule has 6 nitrogen and oxygen atoms in total. The van der Waals surface area contributed by atoms with Crippen molar-refractivity contribution in [2.24, 2.45) is 0 Å². The molecule has 0 saturated heterocycles. The summed E-state index contributed by atoms with van der Waals surface area (Å²) in [5, 5.41) is 11.3. The number of aromatic nitrogens is 1. The Hall–Kier alpha value is -3.36. The van der Waals surface area contributed by atoms with Gasteiger partial charge in [-0.2, -0.15) is 0 Å². The molecule has 1 heterocycles. The largest absolute Gasteiger partial charge is 0.497 e. The predicted octanol–water partition coefficient (Wildman–Crippen LogP) is 5.02. The number of benzene rings is 2. The number of hydrogen-bond acceptors (Lipinski definition) is 5. The maximum absolute atomic E-state index is 13.5. The summed E-state index contributed by atoms with van der Waals surface area (Å²) in [6.45, 7) is 5.23. The van der Waals surface area contributed by atoms with Crippen LogP contribution in [0.25, 0.3) is 0 Å². The molecule has 0 aliphatic rings. The molecule has 0 spiro atoms. The molecule has 0 aliphatic heterocycles. The average Bonchev–Trinajstić information content (AvgIpc) is 2.88. The normalized spacial score (nSPS) is 13.7. The van der Waals surface area contributed by atoms with E-state index in [1.165, 1.54) is 24.3 Å². The molecule has 1 N–H and O–H groups in total. The van der Waals surface area contributed by atoms with Crippen molar-refractivity contribution in [1.82, 2.24) is 14.8 Å². The fourth-order valence-corrected chi connectivity index (χ4v) is 4.56. The average molecular weight is 526 g/mol. The molecule has 0 unspecified atom stereocenters. The van der Waals surface area contributed by atoms with E-state index in [0.29, 0.717) is 36.5 Å². The van der Waals surface area contributed by atoms with Crippen LogP contribution < -0.4 is 4.74 Å². The lowest BCUT2D eigenvalue weighted by molar-refractivity contribution is 0.0104. The first kappa shape index (κ1) is 29.2. The standard InChI is InChI=1S/C30H37F2N3O3/c1-21(22-8-11-24(31)12-9-22)19-35(20-30(2,37)28-15-13-25(32)18-33-28)16-6-7-23-10-14-26(38-5)17-27(23)29(36)34(3)4/h8-15,17-18,21,37H,6-7,16,19-20H2,1-5H3/t21-,30+/m0/s1. The fraction of sp³-hybridized carbons (Fsp3) is 0.400. The number of aliphatic hydroxyl groups is 1. The number of aryl methyl sites for hydroxylation is 1. The lowest BCUT2D eigenvalue weighted by atomic mass is 9.96. The number of ether oxygens (including phenoxy) is 1. The highest BCUT2D eigenvalue weighted by Crippen LogP contribution is 2.25. The first-order valence-corrected chi connectivity index (χ1v) is 12.7. The molecular formula is C30H37F2N3O3. The Kier molecular flexibility index (Phi) is 9.94. The van der Waals surface area contributed by atoms with E-state index in [0.717, 1.165) is 23.7 Å². The fourth-order valence-electron chi connectivity index (χ4n) is 4.56. The summed E-state index contributed by atoms with van der Waals surface area (Å²) < 4.78 is 32.2. The third-order valence-corrected chi connectivity index (χ3v) is 6.66. The molecule has 3 rings (SSSR count). The van der Waals surface area contributed by atoms with Gasteiger partial charge in [-0.15, -0.1) is 0 Å². The topological polar surface area (TPSA) is 65.9 Å². The zero-order chi connectivity index (χ0) is 27.9. The maximum Gasteiger partial charge on any atom is 0.253 e. The summed E-state index contributed by atoms with van der Waals surface area (Å²) in [5.41, 5.74) is 1.57. The van der Waals surface area contributed by atoms with Crippen LogP contribution in [0.4, 0.5) is 8.78 Å². The van der Waals surface area contributed by atoms with Gasteiger partial charge in [-0.1, -0.05) is 25.1 Å². The molecule has 2 aromatic carbocycles. The number of hydrogen-bond donors (Lipinski definition) is 1. The van der Waals surface area contributed by atoms with Crippen molar-refractivity contribution in [2.75, 3.05) is 40.8 Å². The molecule has 8 heteroatoms. The number of carbonyl (C=O) groups is 1. The van der Waals surface area contributed by atoms with Crippen molar-refractivity contribution in [3.8, 4) is 5.75 Å². The van der Waals surface area contributed by atoms with Gasteiger partial charge in [0, 0.05) is 32.7 Å². The number of halogens is 2. The third kappa shape index (κ3) is 7.82. The van der Waals surface area contributed by atoms with Crippen molar-refractivity contribution >= 4 is 5.91 Å². The van der Waals surface area contributed by atoms with Gasteiger partial charge in [0.2, 0.25) is 0 Å². The second kappa shape index (κ2) is 12.9. The van der Waals surface area contributed by atoms with E-state index in [-0.39, 0.29) is 24.2 Å². The van der Waals surface area contributed by atoms with Gasteiger partial charge in [0.25, 0.3) is 5.91 Å². The first-order chi connectivity index (χ1) is 18.0. The van der Waals surface area contributed by atoms with E-state index in [1.807, 2.05) is 12.1 Å². The van der Waals surface area contributed by atoms with E-state index >= 15 is 0 Å². The van der Waals surface area contributed by atoms with Crippen LogP contribution >= 0.6 is 0 Å². The van der Waals surface area contributed by atoms with Crippen LogP contribution in [-0.4, -0.2) is 66.6 Å². The van der Waals surface area contributed by atoms with Crippen molar-refractivity contribution in [1.29, 1.82) is 0 Å². The van der Waals surface area contributed by atoms with Gasteiger partial charge < -0.3 is 14.7 Å². The molecule has 3 aromatic rings. The molecule has 204 valence electrons. The lowest BCUT2D eigenvalue weighted by Crippen LogP contribution is -2.41. The Morgan fingerprint density at radius 1 is 1.08 bits per heavy atom. The highest BCUT2D eigenvalue weighted by atomic mass is 19.1. The van der Waals surface area contributed by atoms with Crippen LogP contribution in [0.15, 0.2) is 60.8 Å². The smallest absolute Gasteiger partial charge is 0.253 e. The van der Waals surface area contributed by atoms with Crippen LogP contribution in [0.2, 0.25) is 0 Å². The molecule has 0 radical (unpaired) electrons. The first-order valence-electron chi connectivity index (χ1n) is 12.7. The van der Waals surface area contributed by atoms with Gasteiger partial charge in [-0.25, -0.2) is 8.78 Å². The van der Waals surface area contributed by atoms with Gasteiger partial charge in [-0.05, 0) is 79.8 Å². The van der Waals surface area contributed by atoms with Gasteiger partial charge in [0.05, 0.1) is 19.0 Å². The van der Waals surface area contributed by atoms with Crippen LogP contribution in [-0.2, 0) is 12.0 Å². The Morgan fingerprint density at radius 2 is 1.76 bits per heavy atom. The van der Waals surface area contributed by atoms with Crippen LogP contribution in [0, 0.1) is 11.6 Å². The van der Waals surface area contributed by atoms with Crippen LogP contribution in [0.1, 0.15) is 53.4 Å². The maximum atomic E-state index is 13.5. The lowest BCUT2D eigenvalue weighted by Gasteiger charge is -2.33. The van der Waals surface area contributed by atoms with Gasteiger partial charge in [-0.3, -0.25) is 14.7 Å². The zero-order valence-corrected chi connectivity index (χ0v) is 22.7. The SMILES string of the molecule is COc1ccc(CCCN(C[C@H](C)c2ccc(F)cc2)C[C@@](C)(O)c2ccc(F)cn2)c(C(=O)N(C)C)c1. The van der Waals surface area contributed by atoms with Crippen molar-refractivity contribution in [3.63, 3.8) is 0 Å². The molecule has 0 saturated carbocycles. The minimum atomic E-state index is -1.32. The summed E-state index contributed by atoms with van der Waals surface area (Å²) >= 11 is 0. The highest BCUT2D eigenvalue weighted by Gasteiger charge is 2.29. The van der Waals surface area contributed by atoms with E-state index in [9.17, 15) is 18.7 Å². The molecule has 0 bridgehead atoms. The van der Waals surface area contributed by atoms with Gasteiger partial charge >= 0.3 is 0 Å². The number of methoxy groups -OCH3 is 1. The molecule has 1 amide bonds. The van der Waals surface area contributed by atoms with Crippen LogP contribution in [0.5, 0.6) is 5.75 Å². The monoisotopic (exact) mass is 525 g/mol. The van der Waals surface area contributed by atoms with E-state index in [2.05, 4.69) is 16.8 Å². The number of carbonyl (C=O) groups excluding carboxylic acids is 1. The summed E-state index contributed by atoms with van der Waals surface area (Å²) in [7, 11) is 5.01. The van der Waals surface area contributed by atoms with E-state index in [1.54, 1.807) is 51.2 Å². The predicted molar refractivity (Wildman–Crippen MR) is 144 cm³/mol. The Bertz CT molecular complexity index is 1200. The van der Waals surface area contributed by atoms with E-state index < -0.39 is 11.4 Å². The van der Waals surface area contributed by atoms with Crippen molar-refractivity contribution < 1.29 is 23.4 Å². The third-order valence-electron chi connectivity index (χ3n) is 6.66. The Morgan fingerprint density at radius 3 is 2.37 bits per heavy atom. The van der Waals surface area contributed by atoms with Gasteiger partial charge in [0.15, 0.2) is 0 Å². The zero-order valence-electron chi connectivity index (χ0n) is 22.7. The summed E-state index contributed by atoms with van der Waals surface area (Å²) in [6.07, 6.45) is 2.47. The second-order valence-electron chi connectivity index (χ2n) is 10.1. The van der Waals surface area contributed by atoms with E-state index in [4.69, 9.17) is 4.74 Å². The Labute approximate surface area is 223 Å². The summed E-state index contributed by atoms with van der Waals surface area (Å²) in [6, 6.07) is 14.7. The number of pyridine rings is 1. The number of nitrogens with zero attached hydrogens (tertiary/aromatic N) is 3. The molecule has 1 aromatic heterocycles. The summed E-state index contributed by atoms with van der Waals surface area (Å²) in [4.78, 5) is 20.6. The second-order valence-corrected chi connectivity index (χ2v) is 10.1. The molecule has 0 fully saturated rings. The van der Waals surface area contributed by atoms with Gasteiger partial charge in [0.1, 0.15) is 23.0 Å². The molecular weight excluding hydrogens is 488 g/mol. The Balaban J connectivity index is 1.78. The summed E-state index contributed by atoms with van der Waals surface area (Å²) in [5.74, 6) is -0.151. The molecule has 0 aliphatic carbocycles. The van der Waals surface area contributed by atoms with Crippen molar-refractivity contribution in [3.05, 3.63) is 94.8 Å². The quantitative estimate of drug-likeness (QED) is 0.360. The molecule has 2 atom stereocenters. The minimum absolute atomic E-state index is 0.0689. The number of amides is 1. The minimum Gasteiger partial charge on any atom is -0.497 e. The molecule has 38 heavy (non-hydrogen) atoms. The van der Waals surface area contributed by atoms with Crippen molar-refractivity contribution in [2.45, 2.75) is 38.2 Å². The highest BCUT2D eigenvalue weighted by molar-refractivity contribution is 5.95. The van der Waals surface area contributed by atoms with Crippen LogP contribution in [0.3, 0.4) is 0 Å².